The quantitative estimate of drug-likeness (QED) is 0.615. The molecule has 6 nitrogen and oxygen atoms in total. The Bertz CT molecular complexity index is 320. The molecule has 7 heteroatoms. The molecule has 0 aromatic rings. The van der Waals surface area contributed by atoms with Gasteiger partial charge in [-0.1, -0.05) is 4.47 Å². The Labute approximate surface area is 76.3 Å². The zero-order valence-electron chi connectivity index (χ0n) is 7.04. The van der Waals surface area contributed by atoms with Crippen molar-refractivity contribution in [2.45, 2.75) is 18.3 Å². The Morgan fingerprint density at radius 3 is 2.77 bits per heavy atom. The van der Waals surface area contributed by atoms with Gasteiger partial charge in [-0.2, -0.15) is 5.26 Å². The van der Waals surface area contributed by atoms with Crippen LogP contribution in [0.4, 0.5) is 0 Å². The second kappa shape index (κ2) is 3.59. The minimum Gasteiger partial charge on any atom is -0.389 e. The molecule has 0 bridgehead atoms. The summed E-state index contributed by atoms with van der Waals surface area (Å²) in [5.41, 5.74) is 0. The van der Waals surface area contributed by atoms with Crippen LogP contribution in [0, 0.1) is 11.3 Å². The number of nitriles is 1. The zero-order valence-corrected chi connectivity index (χ0v) is 7.86. The third-order valence-corrected chi connectivity index (χ3v) is 3.50. The van der Waals surface area contributed by atoms with Crippen molar-refractivity contribution in [3.63, 3.8) is 0 Å². The average molecular weight is 206 g/mol. The third-order valence-electron chi connectivity index (χ3n) is 1.68. The molecule has 0 radical (unpaired) electrons. The third kappa shape index (κ3) is 1.97. The summed E-state index contributed by atoms with van der Waals surface area (Å²) >= 11 is 0. The summed E-state index contributed by atoms with van der Waals surface area (Å²) in [7, 11) is -3.73. The van der Waals surface area contributed by atoms with Gasteiger partial charge in [0.25, 0.3) is 10.0 Å². The molecule has 74 valence electrons. The first-order chi connectivity index (χ1) is 5.98. The Hall–Kier alpha value is -0.680. The summed E-state index contributed by atoms with van der Waals surface area (Å²) < 4.78 is 23.4. The van der Waals surface area contributed by atoms with Gasteiger partial charge in [0.05, 0.1) is 25.3 Å². The molecule has 1 aliphatic rings. The fourth-order valence-electron chi connectivity index (χ4n) is 0.867. The number of β-amino-alcohol motifs (C(OH)–C–C–N with tert-alkyl or cyclic N) is 1. The van der Waals surface area contributed by atoms with Crippen molar-refractivity contribution in [1.29, 1.82) is 5.26 Å². The van der Waals surface area contributed by atoms with E-state index in [2.05, 4.69) is 0 Å². The molecule has 1 aliphatic heterocycles. The number of nitrogens with zero attached hydrogens (tertiary/aromatic N) is 2. The number of hydrogen-bond acceptors (Lipinski definition) is 5. The molecule has 2 atom stereocenters. The van der Waals surface area contributed by atoms with Crippen molar-refractivity contribution in [3.05, 3.63) is 0 Å². The summed E-state index contributed by atoms with van der Waals surface area (Å²) in [6, 6.07) is 1.61. The molecular weight excluding hydrogens is 196 g/mol. The maximum atomic E-state index is 11.4. The predicted octanol–water partition coefficient (Wildman–Crippen LogP) is -1.16. The van der Waals surface area contributed by atoms with Crippen LogP contribution in [-0.4, -0.2) is 42.5 Å². The van der Waals surface area contributed by atoms with Crippen molar-refractivity contribution < 1.29 is 18.4 Å². The van der Waals surface area contributed by atoms with Crippen LogP contribution in [-0.2, 0) is 14.9 Å². The number of aliphatic hydroxyl groups excluding tert-OH is 1. The second-order valence-electron chi connectivity index (χ2n) is 2.75. The maximum Gasteiger partial charge on any atom is 0.252 e. The Morgan fingerprint density at radius 1 is 1.77 bits per heavy atom. The highest BCUT2D eigenvalue weighted by atomic mass is 32.2. The molecule has 1 heterocycles. The Morgan fingerprint density at radius 2 is 2.38 bits per heavy atom. The SMILES string of the molecule is CC(C#N)S(=O)(=O)N1C[C@@H](O)CO1. The van der Waals surface area contributed by atoms with E-state index in [0.29, 0.717) is 4.47 Å². The van der Waals surface area contributed by atoms with Crippen molar-refractivity contribution >= 4 is 10.0 Å². The topological polar surface area (TPSA) is 90.6 Å². The van der Waals surface area contributed by atoms with Crippen LogP contribution < -0.4 is 0 Å². The molecule has 0 amide bonds. The van der Waals surface area contributed by atoms with Crippen LogP contribution in [0.5, 0.6) is 0 Å². The van der Waals surface area contributed by atoms with Crippen molar-refractivity contribution in [2.24, 2.45) is 0 Å². The normalized spacial score (nSPS) is 27.0. The van der Waals surface area contributed by atoms with Gasteiger partial charge in [0.1, 0.15) is 0 Å². The van der Waals surface area contributed by atoms with E-state index in [0.717, 1.165) is 0 Å². The van der Waals surface area contributed by atoms with E-state index >= 15 is 0 Å². The number of sulfonamides is 1. The highest BCUT2D eigenvalue weighted by Gasteiger charge is 2.35. The molecule has 1 saturated heterocycles. The fourth-order valence-corrected chi connectivity index (χ4v) is 1.94. The molecule has 13 heavy (non-hydrogen) atoms. The lowest BCUT2D eigenvalue weighted by atomic mass is 10.4. The Balaban J connectivity index is 2.78. The van der Waals surface area contributed by atoms with E-state index in [9.17, 15) is 8.42 Å². The van der Waals surface area contributed by atoms with Gasteiger partial charge in [-0.15, -0.1) is 0 Å². The number of hydroxylamine groups is 1. The highest BCUT2D eigenvalue weighted by Crippen LogP contribution is 2.15. The summed E-state index contributed by atoms with van der Waals surface area (Å²) in [5, 5.41) is 16.3. The van der Waals surface area contributed by atoms with Gasteiger partial charge in [0.15, 0.2) is 5.25 Å². The van der Waals surface area contributed by atoms with Gasteiger partial charge in [0, 0.05) is 0 Å². The molecule has 0 aliphatic carbocycles. The molecule has 1 fully saturated rings. The molecule has 1 N–H and O–H groups in total. The lowest BCUT2D eigenvalue weighted by molar-refractivity contribution is -0.0320. The summed E-state index contributed by atoms with van der Waals surface area (Å²) in [6.45, 7) is 1.12. The summed E-state index contributed by atoms with van der Waals surface area (Å²) in [5.74, 6) is 0. The first-order valence-electron chi connectivity index (χ1n) is 3.70. The summed E-state index contributed by atoms with van der Waals surface area (Å²) in [4.78, 5) is 4.70. The van der Waals surface area contributed by atoms with E-state index in [1.807, 2.05) is 0 Å². The monoisotopic (exact) mass is 206 g/mol. The van der Waals surface area contributed by atoms with E-state index in [1.165, 1.54) is 6.92 Å². The molecule has 0 aromatic carbocycles. The maximum absolute atomic E-state index is 11.4. The standard InChI is InChI=1S/C6H10N2O4S/c1-5(2-7)13(10,11)8-3-6(9)4-12-8/h5-6,9H,3-4H2,1H3/t5?,6-/m1/s1. The molecule has 0 saturated carbocycles. The first-order valence-corrected chi connectivity index (χ1v) is 5.21. The molecule has 0 spiro atoms. The van der Waals surface area contributed by atoms with E-state index in [1.54, 1.807) is 6.07 Å². The molecule has 0 aromatic heterocycles. The Kier molecular flexibility index (Phi) is 2.87. The fraction of sp³-hybridized carbons (Fsp3) is 0.833. The van der Waals surface area contributed by atoms with Gasteiger partial charge < -0.3 is 5.11 Å². The van der Waals surface area contributed by atoms with Crippen LogP contribution in [0.15, 0.2) is 0 Å². The molecule has 1 rings (SSSR count). The largest absolute Gasteiger partial charge is 0.389 e. The van der Waals surface area contributed by atoms with E-state index in [4.69, 9.17) is 15.2 Å². The van der Waals surface area contributed by atoms with E-state index < -0.39 is 21.4 Å². The minimum atomic E-state index is -3.73. The zero-order chi connectivity index (χ0) is 10.1. The minimum absolute atomic E-state index is 0.0443. The number of hydrogen-bond donors (Lipinski definition) is 1. The van der Waals surface area contributed by atoms with E-state index in [-0.39, 0.29) is 13.2 Å². The van der Waals surface area contributed by atoms with Crippen LogP contribution in [0.25, 0.3) is 0 Å². The predicted molar refractivity (Wildman–Crippen MR) is 42.7 cm³/mol. The van der Waals surface area contributed by atoms with Crippen LogP contribution >= 0.6 is 0 Å². The van der Waals surface area contributed by atoms with Crippen LogP contribution in [0.2, 0.25) is 0 Å². The highest BCUT2D eigenvalue weighted by molar-refractivity contribution is 7.89. The molecule has 1 unspecified atom stereocenters. The number of rotatable bonds is 2. The van der Waals surface area contributed by atoms with Crippen LogP contribution in [0.3, 0.4) is 0 Å². The average Bonchev–Trinajstić information content (AvgIpc) is 2.50. The second-order valence-corrected chi connectivity index (χ2v) is 4.90. The molecular formula is C6H10N2O4S. The lowest BCUT2D eigenvalue weighted by Crippen LogP contribution is -2.34. The van der Waals surface area contributed by atoms with Gasteiger partial charge in [-0.05, 0) is 6.92 Å². The van der Waals surface area contributed by atoms with Crippen molar-refractivity contribution in [3.8, 4) is 6.07 Å². The van der Waals surface area contributed by atoms with Crippen molar-refractivity contribution in [2.75, 3.05) is 13.2 Å². The first kappa shape index (κ1) is 10.4. The van der Waals surface area contributed by atoms with Gasteiger partial charge >= 0.3 is 0 Å². The summed E-state index contributed by atoms with van der Waals surface area (Å²) in [6.07, 6.45) is -0.805. The van der Waals surface area contributed by atoms with Gasteiger partial charge in [-0.25, -0.2) is 8.42 Å². The van der Waals surface area contributed by atoms with Crippen molar-refractivity contribution in [1.82, 2.24) is 4.47 Å². The lowest BCUT2D eigenvalue weighted by Gasteiger charge is -2.14. The smallest absolute Gasteiger partial charge is 0.252 e. The van der Waals surface area contributed by atoms with Gasteiger partial charge in [-0.3, -0.25) is 4.84 Å². The van der Waals surface area contributed by atoms with Gasteiger partial charge in [0.2, 0.25) is 0 Å². The van der Waals surface area contributed by atoms with Crippen LogP contribution in [0.1, 0.15) is 6.92 Å². The number of aliphatic hydroxyl groups is 1.